The van der Waals surface area contributed by atoms with Crippen LogP contribution in [0.1, 0.15) is 36.8 Å². The van der Waals surface area contributed by atoms with Gasteiger partial charge < -0.3 is 19.8 Å². The average molecular weight is 399 g/mol. The van der Waals surface area contributed by atoms with Crippen molar-refractivity contribution in [1.82, 2.24) is 9.97 Å². The Morgan fingerprint density at radius 1 is 1.36 bits per heavy atom. The van der Waals surface area contributed by atoms with Gasteiger partial charge >= 0.3 is 0 Å². The van der Waals surface area contributed by atoms with Crippen LogP contribution in [0.4, 0.5) is 5.82 Å². The molecule has 0 aliphatic carbocycles. The van der Waals surface area contributed by atoms with Crippen LogP contribution in [0.15, 0.2) is 28.2 Å². The monoisotopic (exact) mass is 399 g/mol. The Balaban J connectivity index is 2.01. The Morgan fingerprint density at radius 3 is 2.89 bits per heavy atom. The van der Waals surface area contributed by atoms with Crippen molar-refractivity contribution in [3.05, 3.63) is 39.7 Å². The fourth-order valence-corrected chi connectivity index (χ4v) is 3.76. The number of methoxy groups -OCH3 is 1. The highest BCUT2D eigenvalue weighted by atomic mass is 32.2. The predicted molar refractivity (Wildman–Crippen MR) is 108 cm³/mol. The smallest absolute Gasteiger partial charge is 0.257 e. The van der Waals surface area contributed by atoms with Gasteiger partial charge in [-0.2, -0.15) is 0 Å². The van der Waals surface area contributed by atoms with Crippen molar-refractivity contribution in [1.29, 1.82) is 0 Å². The molecule has 3 rings (SSSR count). The number of H-pyrrole nitrogens is 1. The molecule has 0 radical (unpaired) electrons. The average Bonchev–Trinajstić information content (AvgIpc) is 2.69. The van der Waals surface area contributed by atoms with E-state index < -0.39 is 5.92 Å². The Morgan fingerprint density at radius 2 is 2.18 bits per heavy atom. The van der Waals surface area contributed by atoms with Crippen LogP contribution >= 0.6 is 11.8 Å². The van der Waals surface area contributed by atoms with Gasteiger partial charge in [0.25, 0.3) is 5.56 Å². The topological polar surface area (TPSA) is 93.3 Å². The summed E-state index contributed by atoms with van der Waals surface area (Å²) in [7, 11) is 1.52. The molecule has 1 aromatic heterocycles. The number of thioether (sulfide) groups is 1. The highest BCUT2D eigenvalue weighted by Crippen LogP contribution is 2.38. The molecule has 1 aromatic carbocycles. The lowest BCUT2D eigenvalue weighted by Gasteiger charge is -2.25. The van der Waals surface area contributed by atoms with Gasteiger partial charge in [-0.25, -0.2) is 4.98 Å². The zero-order valence-electron chi connectivity index (χ0n) is 15.7. The van der Waals surface area contributed by atoms with Crippen LogP contribution in [-0.4, -0.2) is 35.3 Å². The maximum absolute atomic E-state index is 12.8. The number of aromatic amines is 1. The zero-order chi connectivity index (χ0) is 20.1. The molecular weight excluding hydrogens is 378 g/mol. The van der Waals surface area contributed by atoms with Gasteiger partial charge in [-0.05, 0) is 24.1 Å². The summed E-state index contributed by atoms with van der Waals surface area (Å²) in [5.41, 5.74) is 0.960. The standard InChI is InChI=1S/C20H21N3O4S/c1-4-8-27-14-7-6-12(10-15(14)26-3)13-11-16(24)21-18-17(13)19(25)23-20(22-18)28-9-5-2/h1,6-7,10,13H,5,8-9,11H2,2-3H3,(H2,21,22,23,24,25)/t13-/m1/s1. The number of aromatic nitrogens is 2. The lowest BCUT2D eigenvalue weighted by Crippen LogP contribution is -2.31. The first-order chi connectivity index (χ1) is 13.6. The first kappa shape index (κ1) is 19.8. The number of carbonyl (C=O) groups is 1. The number of nitrogens with one attached hydrogen (secondary N) is 2. The first-order valence-electron chi connectivity index (χ1n) is 8.88. The van der Waals surface area contributed by atoms with E-state index in [9.17, 15) is 9.59 Å². The third-order valence-corrected chi connectivity index (χ3v) is 5.35. The molecule has 8 heteroatoms. The van der Waals surface area contributed by atoms with Crippen molar-refractivity contribution in [2.45, 2.75) is 30.8 Å². The molecule has 1 aliphatic heterocycles. The maximum Gasteiger partial charge on any atom is 0.257 e. The van der Waals surface area contributed by atoms with Crippen molar-refractivity contribution in [2.75, 3.05) is 24.8 Å². The number of carbonyl (C=O) groups excluding carboxylic acids is 1. The van der Waals surface area contributed by atoms with Crippen LogP contribution in [0.3, 0.4) is 0 Å². The second-order valence-corrected chi connectivity index (χ2v) is 7.27. The number of benzene rings is 1. The van der Waals surface area contributed by atoms with Gasteiger partial charge in [0.2, 0.25) is 5.91 Å². The van der Waals surface area contributed by atoms with Crippen LogP contribution in [-0.2, 0) is 4.79 Å². The molecule has 2 heterocycles. The Hall–Kier alpha value is -2.92. The molecule has 7 nitrogen and oxygen atoms in total. The number of ether oxygens (including phenoxy) is 2. The summed E-state index contributed by atoms with van der Waals surface area (Å²) in [6.07, 6.45) is 6.33. The van der Waals surface area contributed by atoms with Gasteiger partial charge in [0.05, 0.1) is 12.7 Å². The summed E-state index contributed by atoms with van der Waals surface area (Å²) in [4.78, 5) is 32.3. The maximum atomic E-state index is 12.8. The Kier molecular flexibility index (Phi) is 6.26. The van der Waals surface area contributed by atoms with E-state index in [-0.39, 0.29) is 24.5 Å². The third kappa shape index (κ3) is 4.15. The molecule has 1 atom stereocenters. The first-order valence-corrected chi connectivity index (χ1v) is 9.87. The van der Waals surface area contributed by atoms with Gasteiger partial charge in [0.1, 0.15) is 12.4 Å². The summed E-state index contributed by atoms with van der Waals surface area (Å²) in [5, 5.41) is 3.23. The summed E-state index contributed by atoms with van der Waals surface area (Å²) >= 11 is 1.45. The summed E-state index contributed by atoms with van der Waals surface area (Å²) < 4.78 is 10.8. The molecule has 2 aromatic rings. The van der Waals surface area contributed by atoms with E-state index in [0.29, 0.717) is 28.0 Å². The molecule has 0 saturated carbocycles. The van der Waals surface area contributed by atoms with Crippen LogP contribution in [0, 0.1) is 12.3 Å². The number of anilines is 1. The van der Waals surface area contributed by atoms with E-state index in [1.165, 1.54) is 18.9 Å². The third-order valence-electron chi connectivity index (χ3n) is 4.27. The number of rotatable bonds is 7. The molecule has 0 bridgehead atoms. The lowest BCUT2D eigenvalue weighted by molar-refractivity contribution is -0.116. The highest BCUT2D eigenvalue weighted by molar-refractivity contribution is 7.99. The minimum absolute atomic E-state index is 0.117. The summed E-state index contributed by atoms with van der Waals surface area (Å²) in [5.74, 6) is 3.92. The molecular formula is C20H21N3O4S. The SMILES string of the molecule is C#CCOc1ccc([C@H]2CC(=O)Nc3nc(SCCC)[nH]c(=O)c32)cc1OC. The molecule has 0 spiro atoms. The van der Waals surface area contributed by atoms with Gasteiger partial charge in [0.15, 0.2) is 16.7 Å². The molecule has 1 aliphatic rings. The highest BCUT2D eigenvalue weighted by Gasteiger charge is 2.31. The number of hydrogen-bond donors (Lipinski definition) is 2. The van der Waals surface area contributed by atoms with E-state index in [2.05, 4.69) is 21.2 Å². The second-order valence-electron chi connectivity index (χ2n) is 6.19. The van der Waals surface area contributed by atoms with Gasteiger partial charge in [-0.1, -0.05) is 30.7 Å². The molecule has 0 unspecified atom stereocenters. The number of fused-ring (bicyclic) bond motifs is 1. The number of nitrogens with zero attached hydrogens (tertiary/aromatic N) is 1. The van der Waals surface area contributed by atoms with Gasteiger partial charge in [-0.15, -0.1) is 6.42 Å². The summed E-state index contributed by atoms with van der Waals surface area (Å²) in [6.45, 7) is 2.16. The minimum atomic E-state index is -0.430. The number of amides is 1. The van der Waals surface area contributed by atoms with Crippen LogP contribution < -0.4 is 20.3 Å². The normalized spacial score (nSPS) is 15.3. The molecule has 0 saturated heterocycles. The Labute approximate surface area is 167 Å². The van der Waals surface area contributed by atoms with Crippen molar-refractivity contribution < 1.29 is 14.3 Å². The fourth-order valence-electron chi connectivity index (χ4n) is 3.04. The van der Waals surface area contributed by atoms with Crippen LogP contribution in [0.5, 0.6) is 11.5 Å². The van der Waals surface area contributed by atoms with E-state index in [0.717, 1.165) is 17.7 Å². The number of hydrogen-bond acceptors (Lipinski definition) is 6. The van der Waals surface area contributed by atoms with Crippen molar-refractivity contribution in [3.63, 3.8) is 0 Å². The molecule has 146 valence electrons. The largest absolute Gasteiger partial charge is 0.493 e. The van der Waals surface area contributed by atoms with E-state index >= 15 is 0 Å². The van der Waals surface area contributed by atoms with E-state index in [1.807, 2.05) is 6.92 Å². The Bertz CT molecular complexity index is 980. The minimum Gasteiger partial charge on any atom is -0.493 e. The van der Waals surface area contributed by atoms with Crippen molar-refractivity contribution in [2.24, 2.45) is 0 Å². The quantitative estimate of drug-likeness (QED) is 0.422. The van der Waals surface area contributed by atoms with Crippen LogP contribution in [0.25, 0.3) is 0 Å². The van der Waals surface area contributed by atoms with Gasteiger partial charge in [-0.3, -0.25) is 9.59 Å². The van der Waals surface area contributed by atoms with Crippen molar-refractivity contribution in [3.8, 4) is 23.8 Å². The zero-order valence-corrected chi connectivity index (χ0v) is 16.5. The molecule has 0 fully saturated rings. The van der Waals surface area contributed by atoms with Crippen molar-refractivity contribution >= 4 is 23.5 Å². The van der Waals surface area contributed by atoms with Crippen LogP contribution in [0.2, 0.25) is 0 Å². The summed E-state index contributed by atoms with van der Waals surface area (Å²) in [6, 6.07) is 5.30. The fraction of sp³-hybridized carbons (Fsp3) is 0.350. The van der Waals surface area contributed by atoms with E-state index in [4.69, 9.17) is 15.9 Å². The second kappa shape index (κ2) is 8.85. The molecule has 28 heavy (non-hydrogen) atoms. The number of terminal acetylenes is 1. The molecule has 2 N–H and O–H groups in total. The molecule has 1 amide bonds. The van der Waals surface area contributed by atoms with Gasteiger partial charge in [0, 0.05) is 18.1 Å². The predicted octanol–water partition coefficient (Wildman–Crippen LogP) is 2.77. The lowest BCUT2D eigenvalue weighted by atomic mass is 9.86. The van der Waals surface area contributed by atoms with E-state index in [1.54, 1.807) is 18.2 Å².